The van der Waals surface area contributed by atoms with Crippen molar-refractivity contribution >= 4 is 33.9 Å². The second-order valence-electron chi connectivity index (χ2n) is 3.19. The molecule has 74 valence electrons. The number of benzene rings is 1. The summed E-state index contributed by atoms with van der Waals surface area (Å²) in [5.41, 5.74) is 2.38. The number of thioether (sulfide) groups is 1. The molecule has 0 amide bonds. The maximum Gasteiger partial charge on any atom is 0.258 e. The molecule has 0 N–H and O–H groups in total. The molecule has 0 spiro atoms. The lowest BCUT2D eigenvalue weighted by atomic mass is 10.2. The van der Waals surface area contributed by atoms with Gasteiger partial charge < -0.3 is 4.42 Å². The van der Waals surface area contributed by atoms with E-state index in [1.54, 1.807) is 0 Å². The van der Waals surface area contributed by atoms with Crippen LogP contribution in [0.1, 0.15) is 0 Å². The molecule has 0 atom stereocenters. The lowest BCUT2D eigenvalue weighted by Crippen LogP contribution is -1.79. The molecule has 0 aliphatic carbocycles. The highest BCUT2D eigenvalue weighted by atomic mass is 32.2. The van der Waals surface area contributed by atoms with Crippen molar-refractivity contribution in [2.45, 2.75) is 5.22 Å². The average Bonchev–Trinajstić information content (AvgIpc) is 2.67. The van der Waals surface area contributed by atoms with E-state index in [1.165, 1.54) is 11.8 Å². The van der Waals surface area contributed by atoms with Crippen LogP contribution in [0.25, 0.3) is 22.1 Å². The Hall–Kier alpha value is -1.55. The predicted molar refractivity (Wildman–Crippen MR) is 61.1 cm³/mol. The third-order valence-corrected chi connectivity index (χ3v) is 2.76. The van der Waals surface area contributed by atoms with Crippen LogP contribution < -0.4 is 0 Å². The van der Waals surface area contributed by atoms with Gasteiger partial charge in [0.1, 0.15) is 0 Å². The Morgan fingerprint density at radius 1 is 1.20 bits per heavy atom. The van der Waals surface area contributed by atoms with Gasteiger partial charge in [0.25, 0.3) is 5.22 Å². The van der Waals surface area contributed by atoms with Gasteiger partial charge in [-0.05, 0) is 18.4 Å². The number of hydrogen-bond acceptors (Lipinski definition) is 4. The van der Waals surface area contributed by atoms with Crippen molar-refractivity contribution in [2.75, 3.05) is 6.26 Å². The van der Waals surface area contributed by atoms with E-state index >= 15 is 0 Å². The van der Waals surface area contributed by atoms with Crippen molar-refractivity contribution in [3.05, 3.63) is 30.3 Å². The Morgan fingerprint density at radius 3 is 2.93 bits per heavy atom. The standard InChI is InChI=1S/C11H8N2OS/c1-15-11-13-10-9(14-11)6-7-4-2-3-5-8(7)12-10/h2-6H,1H3. The number of para-hydroxylation sites is 1. The monoisotopic (exact) mass is 216 g/mol. The highest BCUT2D eigenvalue weighted by molar-refractivity contribution is 7.98. The molecule has 0 unspecified atom stereocenters. The first kappa shape index (κ1) is 8.73. The van der Waals surface area contributed by atoms with Gasteiger partial charge >= 0.3 is 0 Å². The van der Waals surface area contributed by atoms with Crippen LogP contribution in [0.5, 0.6) is 0 Å². The molecule has 4 heteroatoms. The molecule has 2 aromatic heterocycles. The fourth-order valence-electron chi connectivity index (χ4n) is 1.53. The quantitative estimate of drug-likeness (QED) is 0.586. The zero-order valence-corrected chi connectivity index (χ0v) is 8.91. The molecule has 3 rings (SSSR count). The smallest absolute Gasteiger partial charge is 0.258 e. The molecule has 15 heavy (non-hydrogen) atoms. The molecule has 0 radical (unpaired) electrons. The third-order valence-electron chi connectivity index (χ3n) is 2.24. The first-order chi connectivity index (χ1) is 7.36. The van der Waals surface area contributed by atoms with E-state index in [1.807, 2.05) is 36.6 Å². The predicted octanol–water partition coefficient (Wildman–Crippen LogP) is 3.10. The summed E-state index contributed by atoms with van der Waals surface area (Å²) in [4.78, 5) is 8.69. The number of nitrogens with zero attached hydrogens (tertiary/aromatic N) is 2. The van der Waals surface area contributed by atoms with E-state index in [-0.39, 0.29) is 0 Å². The zero-order chi connectivity index (χ0) is 10.3. The Bertz CT molecular complexity index is 580. The molecule has 0 saturated heterocycles. The molecule has 0 saturated carbocycles. The van der Waals surface area contributed by atoms with Gasteiger partial charge in [-0.2, -0.15) is 4.98 Å². The summed E-state index contributed by atoms with van der Waals surface area (Å²) in [5, 5.41) is 1.74. The van der Waals surface area contributed by atoms with Gasteiger partial charge in [0, 0.05) is 5.39 Å². The number of pyridine rings is 1. The normalized spacial score (nSPS) is 11.3. The zero-order valence-electron chi connectivity index (χ0n) is 8.10. The van der Waals surface area contributed by atoms with Gasteiger partial charge in [0.05, 0.1) is 5.52 Å². The Kier molecular flexibility index (Phi) is 1.89. The van der Waals surface area contributed by atoms with E-state index in [0.29, 0.717) is 10.9 Å². The Balaban J connectivity index is 2.39. The summed E-state index contributed by atoms with van der Waals surface area (Å²) in [6, 6.07) is 9.92. The Labute approximate surface area is 90.5 Å². The lowest BCUT2D eigenvalue weighted by Gasteiger charge is -1.93. The number of rotatable bonds is 1. The van der Waals surface area contributed by atoms with E-state index in [4.69, 9.17) is 4.42 Å². The van der Waals surface area contributed by atoms with E-state index < -0.39 is 0 Å². The summed E-state index contributed by atoms with van der Waals surface area (Å²) in [6.07, 6.45) is 1.93. The van der Waals surface area contributed by atoms with Crippen molar-refractivity contribution in [1.82, 2.24) is 9.97 Å². The van der Waals surface area contributed by atoms with Gasteiger partial charge in [-0.1, -0.05) is 30.0 Å². The lowest BCUT2D eigenvalue weighted by molar-refractivity contribution is 0.490. The van der Waals surface area contributed by atoms with Gasteiger partial charge in [0.15, 0.2) is 11.2 Å². The molecule has 3 nitrogen and oxygen atoms in total. The maximum absolute atomic E-state index is 5.51. The minimum atomic E-state index is 0.660. The number of hydrogen-bond donors (Lipinski definition) is 0. The topological polar surface area (TPSA) is 38.9 Å². The fraction of sp³-hybridized carbons (Fsp3) is 0.0909. The SMILES string of the molecule is CSc1nc2nc3ccccc3cc2o1. The van der Waals surface area contributed by atoms with Crippen LogP contribution >= 0.6 is 11.8 Å². The minimum Gasteiger partial charge on any atom is -0.430 e. The number of aromatic nitrogens is 2. The van der Waals surface area contributed by atoms with Gasteiger partial charge in [0.2, 0.25) is 0 Å². The van der Waals surface area contributed by atoms with Crippen molar-refractivity contribution in [3.8, 4) is 0 Å². The number of fused-ring (bicyclic) bond motifs is 2. The summed E-state index contributed by atoms with van der Waals surface area (Å²) in [7, 11) is 0. The minimum absolute atomic E-state index is 0.660. The maximum atomic E-state index is 5.51. The van der Waals surface area contributed by atoms with E-state index in [0.717, 1.165) is 16.5 Å². The van der Waals surface area contributed by atoms with Crippen LogP contribution in [0.15, 0.2) is 40.0 Å². The molecular weight excluding hydrogens is 208 g/mol. The summed E-state index contributed by atoms with van der Waals surface area (Å²) in [5.74, 6) is 0. The van der Waals surface area contributed by atoms with Crippen LogP contribution in [-0.2, 0) is 0 Å². The average molecular weight is 216 g/mol. The van der Waals surface area contributed by atoms with Crippen LogP contribution in [0.3, 0.4) is 0 Å². The summed E-state index contributed by atoms with van der Waals surface area (Å²) < 4.78 is 5.51. The second kappa shape index (κ2) is 3.24. The molecule has 2 heterocycles. The van der Waals surface area contributed by atoms with Crippen molar-refractivity contribution < 1.29 is 4.42 Å². The summed E-state index contributed by atoms with van der Waals surface area (Å²) >= 11 is 1.48. The van der Waals surface area contributed by atoms with Gasteiger partial charge in [-0.25, -0.2) is 4.98 Å². The second-order valence-corrected chi connectivity index (χ2v) is 3.94. The van der Waals surface area contributed by atoms with E-state index in [2.05, 4.69) is 9.97 Å². The first-order valence-electron chi connectivity index (χ1n) is 4.57. The van der Waals surface area contributed by atoms with Gasteiger partial charge in [-0.3, -0.25) is 0 Å². The highest BCUT2D eigenvalue weighted by Crippen LogP contribution is 2.23. The summed E-state index contributed by atoms with van der Waals surface area (Å²) in [6.45, 7) is 0. The molecule has 0 aliphatic heterocycles. The number of oxazole rings is 1. The largest absolute Gasteiger partial charge is 0.430 e. The van der Waals surface area contributed by atoms with E-state index in [9.17, 15) is 0 Å². The van der Waals surface area contributed by atoms with Crippen molar-refractivity contribution in [2.24, 2.45) is 0 Å². The molecule has 0 fully saturated rings. The van der Waals surface area contributed by atoms with Crippen LogP contribution in [0.4, 0.5) is 0 Å². The molecule has 3 aromatic rings. The molecule has 1 aromatic carbocycles. The third kappa shape index (κ3) is 1.37. The Morgan fingerprint density at radius 2 is 2.07 bits per heavy atom. The van der Waals surface area contributed by atoms with Gasteiger partial charge in [-0.15, -0.1) is 0 Å². The molecule has 0 aliphatic rings. The first-order valence-corrected chi connectivity index (χ1v) is 5.79. The molecular formula is C11H8N2OS. The fourth-order valence-corrected chi connectivity index (χ4v) is 1.88. The highest BCUT2D eigenvalue weighted by Gasteiger charge is 2.06. The van der Waals surface area contributed by atoms with Crippen molar-refractivity contribution in [1.29, 1.82) is 0 Å². The van der Waals surface area contributed by atoms with Crippen molar-refractivity contribution in [3.63, 3.8) is 0 Å². The van der Waals surface area contributed by atoms with Crippen LogP contribution in [0, 0.1) is 0 Å². The molecule has 0 bridgehead atoms. The van der Waals surface area contributed by atoms with Crippen LogP contribution in [0.2, 0.25) is 0 Å². The van der Waals surface area contributed by atoms with Crippen LogP contribution in [-0.4, -0.2) is 16.2 Å².